The van der Waals surface area contributed by atoms with Crippen molar-refractivity contribution >= 4 is 18.0 Å². The third kappa shape index (κ3) is 5.67. The van der Waals surface area contributed by atoms with Crippen molar-refractivity contribution in [3.63, 3.8) is 0 Å². The Hall–Kier alpha value is -3.34. The number of halogens is 2. The van der Waals surface area contributed by atoms with E-state index in [4.69, 9.17) is 10.5 Å². The van der Waals surface area contributed by atoms with Crippen molar-refractivity contribution in [1.82, 2.24) is 14.0 Å². The number of nitrogen functional groups attached to an aromatic ring is 1. The lowest BCUT2D eigenvalue weighted by Crippen LogP contribution is -2.45. The second-order valence-corrected chi connectivity index (χ2v) is 7.31. The first-order chi connectivity index (χ1) is 15.2. The molecule has 1 fully saturated rings. The average Bonchev–Trinajstić information content (AvgIpc) is 2.74. The third-order valence-electron chi connectivity index (χ3n) is 5.22. The Morgan fingerprint density at radius 1 is 1.12 bits per heavy atom. The van der Waals surface area contributed by atoms with E-state index in [1.165, 1.54) is 6.07 Å². The summed E-state index contributed by atoms with van der Waals surface area (Å²) in [4.78, 5) is 48.9. The Labute approximate surface area is 183 Å². The number of benzene rings is 1. The van der Waals surface area contributed by atoms with E-state index < -0.39 is 28.7 Å². The van der Waals surface area contributed by atoms with Crippen LogP contribution in [0.15, 0.2) is 27.8 Å². The van der Waals surface area contributed by atoms with Gasteiger partial charge < -0.3 is 11.5 Å². The molecule has 2 heterocycles. The largest absolute Gasteiger partial charge is 0.384 e. The Morgan fingerprint density at radius 3 is 2.31 bits per heavy atom. The number of ketones is 1. The van der Waals surface area contributed by atoms with E-state index in [-0.39, 0.29) is 43.0 Å². The molecule has 32 heavy (non-hydrogen) atoms. The lowest BCUT2D eigenvalue weighted by Gasteiger charge is -2.26. The number of nitrogens with two attached hydrogens (primary N) is 2. The number of aromatic nitrogens is 2. The highest BCUT2D eigenvalue weighted by molar-refractivity contribution is 6.01. The Kier molecular flexibility index (Phi) is 8.82. The molecule has 1 aromatic heterocycles. The quantitative estimate of drug-likeness (QED) is 0.491. The zero-order chi connectivity index (χ0) is 23.8. The van der Waals surface area contributed by atoms with E-state index in [2.05, 4.69) is 5.73 Å². The fraction of sp³-hybridized carbons (Fsp3) is 0.429. The number of likely N-dealkylation sites (tertiary alicyclic amines) is 1. The molecule has 1 aliphatic heterocycles. The van der Waals surface area contributed by atoms with Gasteiger partial charge >= 0.3 is 5.69 Å². The summed E-state index contributed by atoms with van der Waals surface area (Å²) in [6, 6.07) is 2.97. The molecule has 0 bridgehead atoms. The van der Waals surface area contributed by atoms with Gasteiger partial charge in [0.1, 0.15) is 23.0 Å². The number of Topliss-reactive ketones (excluding diaryl/α,β-unsaturated/α-hetero) is 1. The smallest absolute Gasteiger partial charge is 0.332 e. The third-order valence-corrected chi connectivity index (χ3v) is 5.22. The van der Waals surface area contributed by atoms with Gasteiger partial charge in [-0.1, -0.05) is 12.5 Å². The van der Waals surface area contributed by atoms with Crippen LogP contribution >= 0.6 is 0 Å². The average molecular weight is 451 g/mol. The number of hydrogen-bond acceptors (Lipinski definition) is 6. The minimum atomic E-state index is -0.841. The molecular formula is C21H27F2N5O4. The summed E-state index contributed by atoms with van der Waals surface area (Å²) in [6.07, 6.45) is 3.31. The van der Waals surface area contributed by atoms with E-state index in [1.807, 2.05) is 4.90 Å². The van der Waals surface area contributed by atoms with Crippen LogP contribution in [0, 0.1) is 11.6 Å². The van der Waals surface area contributed by atoms with Gasteiger partial charge in [0.25, 0.3) is 5.56 Å². The number of amides is 1. The number of hydrogen-bond donors (Lipinski definition) is 2. The maximum Gasteiger partial charge on any atom is 0.332 e. The first-order valence-electron chi connectivity index (χ1n) is 10.2. The molecule has 9 nitrogen and oxygen atoms in total. The summed E-state index contributed by atoms with van der Waals surface area (Å²) in [5.74, 6) is -2.35. The first-order valence-corrected chi connectivity index (χ1v) is 10.2. The van der Waals surface area contributed by atoms with Crippen molar-refractivity contribution in [1.29, 1.82) is 0 Å². The van der Waals surface area contributed by atoms with Crippen molar-refractivity contribution in [2.45, 2.75) is 39.3 Å². The number of piperidine rings is 1. The standard InChI is InChI=1S/C20H24F2N4O3.CH3NO/c1-2-25-19(28)17(16(27)12-24-8-4-3-5-9-24)18(23)26(20(25)29)11-13-6-7-14(21)10-15(13)22;2-1-3/h6-7,10H,2-5,8-9,11-12,23H2,1H3;1H,(H2,2,3). The van der Waals surface area contributed by atoms with Gasteiger partial charge in [-0.25, -0.2) is 13.6 Å². The summed E-state index contributed by atoms with van der Waals surface area (Å²) in [7, 11) is 0. The second kappa shape index (κ2) is 11.3. The van der Waals surface area contributed by atoms with Crippen LogP contribution in [0.25, 0.3) is 0 Å². The minimum Gasteiger partial charge on any atom is -0.384 e. The summed E-state index contributed by atoms with van der Waals surface area (Å²) in [6.45, 7) is 2.87. The molecule has 4 N–H and O–H groups in total. The first kappa shape index (κ1) is 24.9. The number of nitrogens with zero attached hydrogens (tertiary/aromatic N) is 3. The van der Waals surface area contributed by atoms with Gasteiger partial charge in [0.2, 0.25) is 6.41 Å². The van der Waals surface area contributed by atoms with Crippen molar-refractivity contribution < 1.29 is 18.4 Å². The number of carbonyl (C=O) groups excluding carboxylic acids is 2. The Bertz CT molecular complexity index is 1090. The molecule has 3 rings (SSSR count). The molecule has 174 valence electrons. The lowest BCUT2D eigenvalue weighted by atomic mass is 10.1. The lowest BCUT2D eigenvalue weighted by molar-refractivity contribution is -0.106. The molecule has 0 saturated carbocycles. The fourth-order valence-corrected chi connectivity index (χ4v) is 3.63. The highest BCUT2D eigenvalue weighted by Crippen LogP contribution is 2.15. The van der Waals surface area contributed by atoms with Gasteiger partial charge in [-0.2, -0.15) is 0 Å². The molecule has 1 aliphatic rings. The van der Waals surface area contributed by atoms with Gasteiger partial charge in [-0.15, -0.1) is 0 Å². The molecule has 11 heteroatoms. The molecule has 1 amide bonds. The maximum absolute atomic E-state index is 14.1. The zero-order valence-electron chi connectivity index (χ0n) is 17.9. The highest BCUT2D eigenvalue weighted by Gasteiger charge is 2.25. The maximum atomic E-state index is 14.1. The molecule has 0 radical (unpaired) electrons. The van der Waals surface area contributed by atoms with Crippen LogP contribution < -0.4 is 22.7 Å². The van der Waals surface area contributed by atoms with Crippen molar-refractivity contribution in [3.05, 3.63) is 61.8 Å². The van der Waals surface area contributed by atoms with Crippen LogP contribution in [0.2, 0.25) is 0 Å². The Balaban J connectivity index is 0.00000114. The number of primary amides is 1. The number of anilines is 1. The van der Waals surface area contributed by atoms with Gasteiger partial charge in [-0.3, -0.25) is 28.4 Å². The summed E-state index contributed by atoms with van der Waals surface area (Å²) in [5.41, 5.74) is 8.50. The molecule has 1 saturated heterocycles. The topological polar surface area (TPSA) is 133 Å². The predicted molar refractivity (Wildman–Crippen MR) is 115 cm³/mol. The van der Waals surface area contributed by atoms with Crippen molar-refractivity contribution in [3.8, 4) is 0 Å². The molecule has 1 aromatic carbocycles. The fourth-order valence-electron chi connectivity index (χ4n) is 3.63. The monoisotopic (exact) mass is 451 g/mol. The summed E-state index contributed by atoms with van der Waals surface area (Å²) < 4.78 is 29.2. The summed E-state index contributed by atoms with van der Waals surface area (Å²) in [5, 5.41) is 0. The van der Waals surface area contributed by atoms with Crippen molar-refractivity contribution in [2.24, 2.45) is 5.73 Å². The minimum absolute atomic E-state index is 0.0240. The highest BCUT2D eigenvalue weighted by atomic mass is 19.1. The number of rotatable bonds is 6. The van der Waals surface area contributed by atoms with E-state index >= 15 is 0 Å². The molecule has 0 spiro atoms. The molecular weight excluding hydrogens is 424 g/mol. The van der Waals surface area contributed by atoms with Crippen molar-refractivity contribution in [2.75, 3.05) is 25.4 Å². The van der Waals surface area contributed by atoms with Gasteiger partial charge in [-0.05, 0) is 38.9 Å². The zero-order valence-corrected chi connectivity index (χ0v) is 17.9. The predicted octanol–water partition coefficient (Wildman–Crippen LogP) is 0.709. The Morgan fingerprint density at radius 2 is 1.75 bits per heavy atom. The molecule has 2 aromatic rings. The van der Waals surface area contributed by atoms with Gasteiger partial charge in [0.05, 0.1) is 13.1 Å². The normalized spacial score (nSPS) is 13.8. The van der Waals surface area contributed by atoms with E-state index in [1.54, 1.807) is 6.92 Å². The van der Waals surface area contributed by atoms with Crippen LogP contribution in [0.4, 0.5) is 14.6 Å². The molecule has 0 unspecified atom stereocenters. The van der Waals surface area contributed by atoms with E-state index in [9.17, 15) is 23.2 Å². The van der Waals surface area contributed by atoms with E-state index in [0.29, 0.717) is 6.07 Å². The van der Waals surface area contributed by atoms with Gasteiger partial charge in [0.15, 0.2) is 5.78 Å². The van der Waals surface area contributed by atoms with Gasteiger partial charge in [0, 0.05) is 18.2 Å². The SMILES string of the molecule is CCn1c(=O)c(C(=O)CN2CCCCC2)c(N)n(Cc2ccc(F)cc2F)c1=O.NC=O. The molecule has 0 aliphatic carbocycles. The van der Waals surface area contributed by atoms with Crippen LogP contribution in [-0.2, 0) is 17.9 Å². The van der Waals surface area contributed by atoms with Crippen LogP contribution in [0.1, 0.15) is 42.1 Å². The second-order valence-electron chi connectivity index (χ2n) is 7.31. The van der Waals surface area contributed by atoms with Crippen LogP contribution in [0.3, 0.4) is 0 Å². The summed E-state index contributed by atoms with van der Waals surface area (Å²) >= 11 is 0. The van der Waals surface area contributed by atoms with Crippen LogP contribution in [0.5, 0.6) is 0 Å². The molecule has 0 atom stereocenters. The number of carbonyl (C=O) groups is 2. The van der Waals surface area contributed by atoms with E-state index in [0.717, 1.165) is 47.6 Å². The van der Waals surface area contributed by atoms with Crippen LogP contribution in [-0.4, -0.2) is 45.9 Å².